The summed E-state index contributed by atoms with van der Waals surface area (Å²) in [5.41, 5.74) is 1.14. The molecule has 3 atom stereocenters. The third kappa shape index (κ3) is 1.40. The van der Waals surface area contributed by atoms with E-state index in [1.54, 1.807) is 0 Å². The summed E-state index contributed by atoms with van der Waals surface area (Å²) in [7, 11) is 2.07. The van der Waals surface area contributed by atoms with Gasteiger partial charge in [0.25, 0.3) is 0 Å². The number of hydrogen-bond donors (Lipinski definition) is 1. The lowest BCUT2D eigenvalue weighted by Crippen LogP contribution is -2.29. The molecule has 1 aliphatic heterocycles. The van der Waals surface area contributed by atoms with Crippen molar-refractivity contribution in [3.63, 3.8) is 0 Å². The Balaban J connectivity index is 1.60. The van der Waals surface area contributed by atoms with Crippen molar-refractivity contribution < 1.29 is 0 Å². The average Bonchev–Trinajstić information content (AvgIpc) is 2.77. The number of para-hydroxylation sites is 1. The zero-order valence-electron chi connectivity index (χ0n) is 9.76. The SMILES string of the molecule is CN[C@H]1[C@@H]2CN(c3nc4ccccc4s3)C[C@@H]21. The van der Waals surface area contributed by atoms with Crippen LogP contribution in [0.5, 0.6) is 0 Å². The number of nitrogens with zero attached hydrogens (tertiary/aromatic N) is 2. The highest BCUT2D eigenvalue weighted by atomic mass is 32.1. The normalized spacial score (nSPS) is 30.9. The van der Waals surface area contributed by atoms with Crippen LogP contribution in [0, 0.1) is 11.8 Å². The number of hydrogen-bond acceptors (Lipinski definition) is 4. The van der Waals surface area contributed by atoms with Crippen molar-refractivity contribution in [2.75, 3.05) is 25.0 Å². The molecule has 0 radical (unpaired) electrons. The van der Waals surface area contributed by atoms with Crippen LogP contribution in [0.1, 0.15) is 0 Å². The smallest absolute Gasteiger partial charge is 0.186 e. The summed E-state index contributed by atoms with van der Waals surface area (Å²) in [6, 6.07) is 9.17. The van der Waals surface area contributed by atoms with Crippen molar-refractivity contribution in [1.82, 2.24) is 10.3 Å². The Kier molecular flexibility index (Phi) is 1.99. The Bertz CT molecular complexity index is 520. The van der Waals surface area contributed by atoms with E-state index in [0.29, 0.717) is 0 Å². The minimum absolute atomic E-state index is 0.764. The lowest BCUT2D eigenvalue weighted by Gasteiger charge is -2.18. The first-order valence-electron chi connectivity index (χ1n) is 6.14. The van der Waals surface area contributed by atoms with Crippen LogP contribution in [0.2, 0.25) is 0 Å². The molecule has 17 heavy (non-hydrogen) atoms. The predicted molar refractivity (Wildman–Crippen MR) is 71.7 cm³/mol. The number of piperidine rings is 1. The second-order valence-electron chi connectivity index (χ2n) is 5.01. The number of anilines is 1. The zero-order valence-corrected chi connectivity index (χ0v) is 10.6. The van der Waals surface area contributed by atoms with Crippen LogP contribution in [0.4, 0.5) is 5.13 Å². The number of thiazole rings is 1. The van der Waals surface area contributed by atoms with Gasteiger partial charge in [0, 0.05) is 19.1 Å². The van der Waals surface area contributed by atoms with Gasteiger partial charge in [-0.1, -0.05) is 23.5 Å². The Hall–Kier alpha value is -1.13. The van der Waals surface area contributed by atoms with Crippen LogP contribution in [0.15, 0.2) is 24.3 Å². The van der Waals surface area contributed by atoms with E-state index in [2.05, 4.69) is 41.5 Å². The fourth-order valence-electron chi connectivity index (χ4n) is 3.11. The Morgan fingerprint density at radius 1 is 1.29 bits per heavy atom. The van der Waals surface area contributed by atoms with Gasteiger partial charge in [-0.2, -0.15) is 0 Å². The quantitative estimate of drug-likeness (QED) is 0.876. The lowest BCUT2D eigenvalue weighted by molar-refractivity contribution is 0.652. The summed E-state index contributed by atoms with van der Waals surface area (Å²) in [4.78, 5) is 7.18. The van der Waals surface area contributed by atoms with Crippen LogP contribution in [0.3, 0.4) is 0 Å². The highest BCUT2D eigenvalue weighted by molar-refractivity contribution is 7.22. The van der Waals surface area contributed by atoms with Crippen LogP contribution >= 0.6 is 11.3 Å². The van der Waals surface area contributed by atoms with Gasteiger partial charge in [-0.05, 0) is 31.0 Å². The fraction of sp³-hybridized carbons (Fsp3) is 0.462. The largest absolute Gasteiger partial charge is 0.347 e. The summed E-state index contributed by atoms with van der Waals surface area (Å²) in [5.74, 6) is 1.71. The molecular formula is C13H15N3S. The van der Waals surface area contributed by atoms with Gasteiger partial charge in [0.1, 0.15) is 0 Å². The summed E-state index contributed by atoms with van der Waals surface area (Å²) < 4.78 is 1.30. The van der Waals surface area contributed by atoms with Crippen molar-refractivity contribution in [2.45, 2.75) is 6.04 Å². The molecule has 0 unspecified atom stereocenters. The van der Waals surface area contributed by atoms with E-state index in [9.17, 15) is 0 Å². The molecule has 2 aliphatic rings. The Morgan fingerprint density at radius 3 is 2.76 bits per heavy atom. The van der Waals surface area contributed by atoms with Crippen molar-refractivity contribution in [1.29, 1.82) is 0 Å². The maximum atomic E-state index is 4.72. The van der Waals surface area contributed by atoms with E-state index in [1.165, 1.54) is 22.9 Å². The monoisotopic (exact) mass is 245 g/mol. The highest BCUT2D eigenvalue weighted by Crippen LogP contribution is 2.47. The fourth-order valence-corrected chi connectivity index (χ4v) is 4.09. The van der Waals surface area contributed by atoms with Gasteiger partial charge in [-0.15, -0.1) is 0 Å². The third-order valence-electron chi connectivity index (χ3n) is 4.08. The van der Waals surface area contributed by atoms with Crippen molar-refractivity contribution in [2.24, 2.45) is 11.8 Å². The second-order valence-corrected chi connectivity index (χ2v) is 6.02. The molecule has 1 aromatic heterocycles. The van der Waals surface area contributed by atoms with Gasteiger partial charge in [0.15, 0.2) is 5.13 Å². The van der Waals surface area contributed by atoms with E-state index in [1.807, 2.05) is 11.3 Å². The molecule has 2 heterocycles. The Morgan fingerprint density at radius 2 is 2.06 bits per heavy atom. The maximum Gasteiger partial charge on any atom is 0.186 e. The molecule has 3 nitrogen and oxygen atoms in total. The molecule has 1 N–H and O–H groups in total. The van der Waals surface area contributed by atoms with Gasteiger partial charge in [0.2, 0.25) is 0 Å². The molecule has 4 rings (SSSR count). The number of rotatable bonds is 2. The summed E-state index contributed by atoms with van der Waals surface area (Å²) >= 11 is 1.82. The highest BCUT2D eigenvalue weighted by Gasteiger charge is 2.55. The van der Waals surface area contributed by atoms with Crippen LogP contribution < -0.4 is 10.2 Å². The molecule has 1 saturated heterocycles. The standard InChI is InChI=1S/C13H15N3S/c1-14-12-8-6-16(7-9(8)12)13-15-10-4-2-3-5-11(10)17-13/h2-5,8-9,12,14H,6-7H2,1H3/t8-,9+,12+. The number of fused-ring (bicyclic) bond motifs is 2. The minimum atomic E-state index is 0.764. The molecule has 0 amide bonds. The average molecular weight is 245 g/mol. The lowest BCUT2D eigenvalue weighted by atomic mass is 10.3. The summed E-state index contributed by atoms with van der Waals surface area (Å²) in [6.45, 7) is 2.35. The molecule has 1 aromatic carbocycles. The van der Waals surface area contributed by atoms with Crippen LogP contribution in [-0.4, -0.2) is 31.2 Å². The molecule has 0 bridgehead atoms. The molecule has 2 fully saturated rings. The molecule has 1 aliphatic carbocycles. The van der Waals surface area contributed by atoms with Gasteiger partial charge in [0.05, 0.1) is 10.2 Å². The first-order valence-corrected chi connectivity index (χ1v) is 6.96. The topological polar surface area (TPSA) is 28.2 Å². The van der Waals surface area contributed by atoms with Crippen molar-refractivity contribution >= 4 is 26.7 Å². The van der Waals surface area contributed by atoms with Gasteiger partial charge in [-0.25, -0.2) is 4.98 Å². The molecule has 1 saturated carbocycles. The molecule has 2 aromatic rings. The number of aromatic nitrogens is 1. The van der Waals surface area contributed by atoms with E-state index in [0.717, 1.165) is 23.4 Å². The first-order chi connectivity index (χ1) is 8.36. The van der Waals surface area contributed by atoms with Gasteiger partial charge in [-0.3, -0.25) is 0 Å². The van der Waals surface area contributed by atoms with Gasteiger partial charge >= 0.3 is 0 Å². The zero-order chi connectivity index (χ0) is 11.4. The van der Waals surface area contributed by atoms with E-state index in [4.69, 9.17) is 4.98 Å². The third-order valence-corrected chi connectivity index (χ3v) is 5.18. The molecule has 4 heteroatoms. The second kappa shape index (κ2) is 3.43. The number of nitrogens with one attached hydrogen (secondary N) is 1. The van der Waals surface area contributed by atoms with Crippen LogP contribution in [-0.2, 0) is 0 Å². The Labute approximate surface area is 104 Å². The van der Waals surface area contributed by atoms with Crippen LogP contribution in [0.25, 0.3) is 10.2 Å². The molecule has 88 valence electrons. The van der Waals surface area contributed by atoms with Gasteiger partial charge < -0.3 is 10.2 Å². The van der Waals surface area contributed by atoms with E-state index >= 15 is 0 Å². The first kappa shape index (κ1) is 9.85. The maximum absolute atomic E-state index is 4.72. The molecular weight excluding hydrogens is 230 g/mol. The van der Waals surface area contributed by atoms with E-state index < -0.39 is 0 Å². The number of benzene rings is 1. The summed E-state index contributed by atoms with van der Waals surface area (Å²) in [5, 5.41) is 4.60. The van der Waals surface area contributed by atoms with Crippen molar-refractivity contribution in [3.8, 4) is 0 Å². The molecule has 0 spiro atoms. The summed E-state index contributed by atoms with van der Waals surface area (Å²) in [6.07, 6.45) is 0. The predicted octanol–water partition coefficient (Wildman–Crippen LogP) is 1.95. The van der Waals surface area contributed by atoms with Crippen molar-refractivity contribution in [3.05, 3.63) is 24.3 Å². The van der Waals surface area contributed by atoms with E-state index in [-0.39, 0.29) is 0 Å². The minimum Gasteiger partial charge on any atom is -0.347 e.